The smallest absolute Gasteiger partial charge is 0.118 e. The molecule has 0 fully saturated rings. The molecule has 106 valence electrons. The van der Waals surface area contributed by atoms with E-state index in [4.69, 9.17) is 4.74 Å². The van der Waals surface area contributed by atoms with Gasteiger partial charge in [0.1, 0.15) is 5.75 Å². The van der Waals surface area contributed by atoms with Gasteiger partial charge >= 0.3 is 0 Å². The molecule has 0 bridgehead atoms. The topological polar surface area (TPSA) is 9.23 Å². The van der Waals surface area contributed by atoms with Gasteiger partial charge in [-0.25, -0.2) is 0 Å². The van der Waals surface area contributed by atoms with Gasteiger partial charge in [0, 0.05) is 0 Å². The maximum absolute atomic E-state index is 5.24. The predicted octanol–water partition coefficient (Wildman–Crippen LogP) is 4.17. The standard InChI is InChI=1S/C16H30OS/c1-7-8-15(13-18(3,4,5)6)14-9-11-16(17-2)12-10-14/h9-12,15,18H,7-8,13H2,1-6H3. The largest absolute Gasteiger partial charge is 0.497 e. The minimum Gasteiger partial charge on any atom is -0.497 e. The molecule has 2 heteroatoms. The zero-order valence-corrected chi connectivity index (χ0v) is 13.8. The van der Waals surface area contributed by atoms with Crippen molar-refractivity contribution in [1.82, 2.24) is 0 Å². The molecule has 0 saturated carbocycles. The van der Waals surface area contributed by atoms with E-state index in [1.165, 1.54) is 24.2 Å². The molecule has 0 aliphatic heterocycles. The fourth-order valence-electron chi connectivity index (χ4n) is 2.47. The number of hydrogen-bond donors (Lipinski definition) is 1. The third-order valence-corrected chi connectivity index (χ3v) is 5.08. The van der Waals surface area contributed by atoms with Crippen LogP contribution in [0.3, 0.4) is 0 Å². The van der Waals surface area contributed by atoms with Gasteiger partial charge in [-0.15, -0.1) is 0 Å². The van der Waals surface area contributed by atoms with Gasteiger partial charge in [-0.3, -0.25) is 9.16 Å². The molecule has 1 nitrogen and oxygen atoms in total. The van der Waals surface area contributed by atoms with E-state index < -0.39 is 9.16 Å². The number of hydrogen-bond acceptors (Lipinski definition) is 1. The first kappa shape index (κ1) is 15.4. The molecule has 18 heavy (non-hydrogen) atoms. The number of ether oxygens (including phenoxy) is 1. The number of rotatable bonds is 6. The molecule has 0 spiro atoms. The monoisotopic (exact) mass is 270 g/mol. The summed E-state index contributed by atoms with van der Waals surface area (Å²) >= 11 is 0. The van der Waals surface area contributed by atoms with Crippen LogP contribution in [0.2, 0.25) is 0 Å². The van der Waals surface area contributed by atoms with Crippen LogP contribution in [0.4, 0.5) is 0 Å². The Labute approximate surface area is 113 Å². The van der Waals surface area contributed by atoms with Crippen molar-refractivity contribution in [2.45, 2.75) is 25.7 Å². The molecule has 1 unspecified atom stereocenters. The zero-order valence-electron chi connectivity index (χ0n) is 12.9. The molecule has 0 heterocycles. The van der Waals surface area contributed by atoms with Crippen molar-refractivity contribution in [1.29, 1.82) is 0 Å². The summed E-state index contributed by atoms with van der Waals surface area (Å²) in [4.78, 5) is 0. The van der Waals surface area contributed by atoms with E-state index in [-0.39, 0.29) is 0 Å². The van der Waals surface area contributed by atoms with Crippen molar-refractivity contribution >= 4 is 9.16 Å². The van der Waals surface area contributed by atoms with Crippen molar-refractivity contribution in [3.8, 4) is 5.75 Å². The molecular weight excluding hydrogens is 240 g/mol. The lowest BCUT2D eigenvalue weighted by Crippen LogP contribution is -2.21. The first-order valence-corrected chi connectivity index (χ1v) is 11.1. The van der Waals surface area contributed by atoms with Gasteiger partial charge in [-0.2, -0.15) is 0 Å². The summed E-state index contributed by atoms with van der Waals surface area (Å²) in [7, 11) is 0.267. The highest BCUT2D eigenvalue weighted by Crippen LogP contribution is 2.58. The normalized spacial score (nSPS) is 15.8. The van der Waals surface area contributed by atoms with Gasteiger partial charge in [-0.1, -0.05) is 25.5 Å². The van der Waals surface area contributed by atoms with Gasteiger partial charge in [0.25, 0.3) is 0 Å². The quantitative estimate of drug-likeness (QED) is 0.763. The van der Waals surface area contributed by atoms with Crippen molar-refractivity contribution in [3.05, 3.63) is 29.8 Å². The van der Waals surface area contributed by atoms with E-state index in [9.17, 15) is 0 Å². The van der Waals surface area contributed by atoms with Gasteiger partial charge in [-0.05, 0) is 60.8 Å². The lowest BCUT2D eigenvalue weighted by atomic mass is 9.96. The predicted molar refractivity (Wildman–Crippen MR) is 88.2 cm³/mol. The minimum atomic E-state index is -1.46. The molecule has 0 saturated heterocycles. The Kier molecular flexibility index (Phi) is 4.77. The van der Waals surface area contributed by atoms with Crippen LogP contribution in [0.15, 0.2) is 24.3 Å². The average Bonchev–Trinajstić information content (AvgIpc) is 2.26. The Morgan fingerprint density at radius 3 is 2.00 bits per heavy atom. The van der Waals surface area contributed by atoms with Crippen molar-refractivity contribution in [2.24, 2.45) is 0 Å². The maximum atomic E-state index is 5.24. The maximum Gasteiger partial charge on any atom is 0.118 e. The highest BCUT2D eigenvalue weighted by molar-refractivity contribution is 8.47. The Morgan fingerprint density at radius 2 is 1.61 bits per heavy atom. The van der Waals surface area contributed by atoms with Crippen LogP contribution in [-0.2, 0) is 0 Å². The van der Waals surface area contributed by atoms with E-state index in [0.717, 1.165) is 5.75 Å². The molecule has 0 amide bonds. The van der Waals surface area contributed by atoms with E-state index >= 15 is 0 Å². The molecule has 1 atom stereocenters. The van der Waals surface area contributed by atoms with E-state index in [0.29, 0.717) is 5.92 Å². The van der Waals surface area contributed by atoms with Crippen LogP contribution in [0, 0.1) is 0 Å². The summed E-state index contributed by atoms with van der Waals surface area (Å²) in [6, 6.07) is 8.65. The summed E-state index contributed by atoms with van der Waals surface area (Å²) in [5.41, 5.74) is 1.47. The number of methoxy groups -OCH3 is 1. The summed E-state index contributed by atoms with van der Waals surface area (Å²) < 4.78 is 5.24. The summed E-state index contributed by atoms with van der Waals surface area (Å²) in [6.45, 7) is 2.28. The SMILES string of the molecule is CCCC(C[SH](C)(C)(C)C)c1ccc(OC)cc1. The second-order valence-electron chi connectivity index (χ2n) is 7.39. The van der Waals surface area contributed by atoms with Crippen LogP contribution in [0.1, 0.15) is 31.2 Å². The third-order valence-electron chi connectivity index (χ3n) is 3.18. The third kappa shape index (κ3) is 5.34. The molecule has 0 aliphatic carbocycles. The second kappa shape index (κ2) is 5.56. The fraction of sp³-hybridized carbons (Fsp3) is 0.625. The molecule has 0 aliphatic rings. The van der Waals surface area contributed by atoms with Gasteiger partial charge < -0.3 is 4.74 Å². The van der Waals surface area contributed by atoms with Crippen LogP contribution < -0.4 is 4.74 Å². The molecule has 0 radical (unpaired) electrons. The van der Waals surface area contributed by atoms with Crippen molar-refractivity contribution < 1.29 is 4.74 Å². The summed E-state index contributed by atoms with van der Waals surface area (Å²) in [6.07, 6.45) is 12.4. The molecule has 0 aromatic heterocycles. The Balaban J connectivity index is 2.90. The molecule has 1 aromatic carbocycles. The Hall–Kier alpha value is -0.630. The first-order chi connectivity index (χ1) is 8.21. The van der Waals surface area contributed by atoms with E-state index in [1.807, 2.05) is 0 Å². The lowest BCUT2D eigenvalue weighted by Gasteiger charge is -2.49. The number of thiol groups is 1. The molecule has 1 aromatic rings. The number of benzene rings is 1. The average molecular weight is 270 g/mol. The van der Waals surface area contributed by atoms with E-state index in [1.54, 1.807) is 7.11 Å². The second-order valence-corrected chi connectivity index (χ2v) is 15.7. The van der Waals surface area contributed by atoms with E-state index in [2.05, 4.69) is 56.2 Å². The summed E-state index contributed by atoms with van der Waals surface area (Å²) in [5.74, 6) is 2.99. The zero-order chi connectivity index (χ0) is 13.8. The van der Waals surface area contributed by atoms with Gasteiger partial charge in [0.15, 0.2) is 0 Å². The minimum absolute atomic E-state index is 0.698. The lowest BCUT2D eigenvalue weighted by molar-refractivity contribution is 0.414. The van der Waals surface area contributed by atoms with Crippen LogP contribution in [-0.4, -0.2) is 37.9 Å². The van der Waals surface area contributed by atoms with Crippen molar-refractivity contribution in [2.75, 3.05) is 37.9 Å². The van der Waals surface area contributed by atoms with Gasteiger partial charge in [0.05, 0.1) is 7.11 Å². The van der Waals surface area contributed by atoms with Crippen LogP contribution >= 0.6 is 9.16 Å². The first-order valence-electron chi connectivity index (χ1n) is 6.85. The van der Waals surface area contributed by atoms with Crippen LogP contribution in [0.25, 0.3) is 0 Å². The Morgan fingerprint density at radius 1 is 1.06 bits per heavy atom. The Bertz CT molecular complexity index is 363. The van der Waals surface area contributed by atoms with Gasteiger partial charge in [0.2, 0.25) is 0 Å². The molecular formula is C16H30OS. The van der Waals surface area contributed by atoms with Crippen LogP contribution in [0.5, 0.6) is 5.75 Å². The highest BCUT2D eigenvalue weighted by Gasteiger charge is 2.24. The fourth-order valence-corrected chi connectivity index (χ4v) is 4.63. The summed E-state index contributed by atoms with van der Waals surface area (Å²) in [5, 5.41) is 0. The van der Waals surface area contributed by atoms with Crippen molar-refractivity contribution in [3.63, 3.8) is 0 Å². The molecule has 1 rings (SSSR count). The molecule has 0 N–H and O–H groups in total. The highest BCUT2D eigenvalue weighted by atomic mass is 32.3.